The van der Waals surface area contributed by atoms with Crippen molar-refractivity contribution in [2.24, 2.45) is 5.10 Å². The summed E-state index contributed by atoms with van der Waals surface area (Å²) in [5.41, 5.74) is 3.29. The lowest BCUT2D eigenvalue weighted by Crippen LogP contribution is -2.21. The molecule has 0 saturated carbocycles. The summed E-state index contributed by atoms with van der Waals surface area (Å²) in [6.07, 6.45) is 4.27. The van der Waals surface area contributed by atoms with E-state index in [9.17, 15) is 4.79 Å². The summed E-state index contributed by atoms with van der Waals surface area (Å²) >= 11 is 1.37. The first kappa shape index (κ1) is 23.1. The van der Waals surface area contributed by atoms with Crippen molar-refractivity contribution >= 4 is 38.0 Å². The molecule has 1 aromatic carbocycles. The Labute approximate surface area is 196 Å². The number of ether oxygens (including phenoxy) is 2. The minimum atomic E-state index is -0.169. The molecule has 0 N–H and O–H groups in total. The van der Waals surface area contributed by atoms with Gasteiger partial charge in [-0.3, -0.25) is 4.79 Å². The van der Waals surface area contributed by atoms with Gasteiger partial charge in [0.15, 0.2) is 0 Å². The van der Waals surface area contributed by atoms with Gasteiger partial charge in [0.2, 0.25) is 0 Å². The van der Waals surface area contributed by atoms with Gasteiger partial charge in [-0.1, -0.05) is 13.3 Å². The highest BCUT2D eigenvalue weighted by molar-refractivity contribution is 7.25. The van der Waals surface area contributed by atoms with Gasteiger partial charge in [-0.25, -0.2) is 9.97 Å². The Balaban J connectivity index is 1.86. The van der Waals surface area contributed by atoms with E-state index >= 15 is 0 Å². The summed E-state index contributed by atoms with van der Waals surface area (Å²) in [5, 5.41) is 5.44. The maximum atomic E-state index is 13.5. The molecule has 0 fully saturated rings. The second-order valence-corrected chi connectivity index (χ2v) is 8.81. The van der Waals surface area contributed by atoms with Crippen molar-refractivity contribution < 1.29 is 9.47 Å². The molecule has 4 aromatic rings. The molecule has 3 aromatic heterocycles. The molecule has 0 atom stereocenters. The lowest BCUT2D eigenvalue weighted by molar-refractivity contribution is 0.186. The minimum absolute atomic E-state index is 0.169. The van der Waals surface area contributed by atoms with Crippen molar-refractivity contribution in [3.63, 3.8) is 0 Å². The van der Waals surface area contributed by atoms with Crippen LogP contribution in [0, 0.1) is 6.92 Å². The van der Waals surface area contributed by atoms with E-state index in [0.717, 1.165) is 45.6 Å². The average Bonchev–Trinajstić information content (AvgIpc) is 3.17. The van der Waals surface area contributed by atoms with Crippen LogP contribution in [0.4, 0.5) is 0 Å². The number of aryl methyl sites for hydroxylation is 2. The zero-order chi connectivity index (χ0) is 23.4. The minimum Gasteiger partial charge on any atom is -0.494 e. The largest absolute Gasteiger partial charge is 0.494 e. The van der Waals surface area contributed by atoms with Crippen LogP contribution in [0.15, 0.2) is 40.2 Å². The molecule has 33 heavy (non-hydrogen) atoms. The van der Waals surface area contributed by atoms with Gasteiger partial charge in [0.1, 0.15) is 21.1 Å². The molecule has 0 aliphatic heterocycles. The van der Waals surface area contributed by atoms with Gasteiger partial charge in [0.25, 0.3) is 5.56 Å². The maximum absolute atomic E-state index is 13.5. The molecule has 3 heterocycles. The first-order valence-corrected chi connectivity index (χ1v) is 12.0. The van der Waals surface area contributed by atoms with Gasteiger partial charge in [0.05, 0.1) is 24.9 Å². The van der Waals surface area contributed by atoms with Gasteiger partial charge in [-0.15, -0.1) is 11.3 Å². The summed E-state index contributed by atoms with van der Waals surface area (Å²) < 4.78 is 12.9. The molecular formula is C25H28N4O3S. The van der Waals surface area contributed by atoms with Crippen molar-refractivity contribution in [3.05, 3.63) is 63.3 Å². The summed E-state index contributed by atoms with van der Waals surface area (Å²) in [5.74, 6) is 1.46. The van der Waals surface area contributed by atoms with E-state index in [1.807, 2.05) is 44.2 Å². The highest BCUT2D eigenvalue weighted by Gasteiger charge is 2.19. The third-order valence-electron chi connectivity index (χ3n) is 5.29. The Morgan fingerprint density at radius 1 is 1.18 bits per heavy atom. The molecule has 4 rings (SSSR count). The second kappa shape index (κ2) is 10.2. The number of benzene rings is 1. The molecule has 8 heteroatoms. The zero-order valence-electron chi connectivity index (χ0n) is 19.4. The topological polar surface area (TPSA) is 78.6 Å². The zero-order valence-corrected chi connectivity index (χ0v) is 20.2. The highest BCUT2D eigenvalue weighted by atomic mass is 32.1. The number of pyridine rings is 1. The van der Waals surface area contributed by atoms with E-state index in [2.05, 4.69) is 17.0 Å². The lowest BCUT2D eigenvalue weighted by atomic mass is 10.1. The molecule has 0 radical (unpaired) electrons. The van der Waals surface area contributed by atoms with Gasteiger partial charge >= 0.3 is 0 Å². The Kier molecular flexibility index (Phi) is 7.15. The van der Waals surface area contributed by atoms with Crippen LogP contribution in [0.1, 0.15) is 49.3 Å². The number of methoxy groups -OCH3 is 1. The molecule has 0 bridgehead atoms. The van der Waals surface area contributed by atoms with Crippen LogP contribution >= 0.6 is 11.3 Å². The van der Waals surface area contributed by atoms with Gasteiger partial charge in [0, 0.05) is 24.6 Å². The number of unbranched alkanes of at least 4 members (excludes halogenated alkanes) is 1. The van der Waals surface area contributed by atoms with Crippen LogP contribution in [-0.4, -0.2) is 34.6 Å². The molecular weight excluding hydrogens is 436 g/mol. The quantitative estimate of drug-likeness (QED) is 0.323. The molecule has 0 saturated heterocycles. The van der Waals surface area contributed by atoms with Crippen LogP contribution in [0.5, 0.6) is 5.75 Å². The Hall–Kier alpha value is -3.10. The standard InChI is InChI=1S/C25H28N4O3S/c1-5-7-8-20-28-22-21-18(15-31-4)13-16(3)27-24(21)33-23(22)25(30)29(20)26-14-17-9-11-19(12-10-17)32-6-2/h9-14H,5-8,15H2,1-4H3. The smallest absolute Gasteiger partial charge is 0.292 e. The number of fused-ring (bicyclic) bond motifs is 3. The third kappa shape index (κ3) is 4.82. The summed E-state index contributed by atoms with van der Waals surface area (Å²) in [6.45, 7) is 7.07. The molecule has 0 aliphatic rings. The van der Waals surface area contributed by atoms with Crippen molar-refractivity contribution in [1.29, 1.82) is 0 Å². The fourth-order valence-electron chi connectivity index (χ4n) is 3.76. The Morgan fingerprint density at radius 2 is 1.97 bits per heavy atom. The maximum Gasteiger partial charge on any atom is 0.292 e. The average molecular weight is 465 g/mol. The number of nitrogens with zero attached hydrogens (tertiary/aromatic N) is 4. The first-order chi connectivity index (χ1) is 16.0. The third-order valence-corrected chi connectivity index (χ3v) is 6.35. The molecule has 172 valence electrons. The van der Waals surface area contributed by atoms with Crippen molar-refractivity contribution in [2.45, 2.75) is 46.6 Å². The fourth-order valence-corrected chi connectivity index (χ4v) is 4.89. The Bertz CT molecular complexity index is 1360. The molecule has 0 aliphatic carbocycles. The van der Waals surface area contributed by atoms with Crippen molar-refractivity contribution in [3.8, 4) is 5.75 Å². The first-order valence-electron chi connectivity index (χ1n) is 11.2. The van der Waals surface area contributed by atoms with E-state index in [-0.39, 0.29) is 5.56 Å². The highest BCUT2D eigenvalue weighted by Crippen LogP contribution is 2.33. The molecule has 0 amide bonds. The lowest BCUT2D eigenvalue weighted by Gasteiger charge is -2.08. The summed E-state index contributed by atoms with van der Waals surface area (Å²) in [4.78, 5) is 23.9. The van der Waals surface area contributed by atoms with Crippen LogP contribution in [0.2, 0.25) is 0 Å². The van der Waals surface area contributed by atoms with Gasteiger partial charge in [-0.05, 0) is 61.7 Å². The summed E-state index contributed by atoms with van der Waals surface area (Å²) in [6, 6.07) is 9.62. The number of hydrogen-bond acceptors (Lipinski definition) is 7. The van der Waals surface area contributed by atoms with Crippen molar-refractivity contribution in [1.82, 2.24) is 14.6 Å². The number of thiophene rings is 1. The second-order valence-electron chi connectivity index (χ2n) is 7.81. The monoisotopic (exact) mass is 464 g/mol. The van der Waals surface area contributed by atoms with Crippen LogP contribution < -0.4 is 10.3 Å². The number of aromatic nitrogens is 3. The predicted molar refractivity (Wildman–Crippen MR) is 134 cm³/mol. The molecule has 0 spiro atoms. The predicted octanol–water partition coefficient (Wildman–Crippen LogP) is 5.08. The normalized spacial score (nSPS) is 11.8. The van der Waals surface area contributed by atoms with Crippen LogP contribution in [-0.2, 0) is 17.8 Å². The number of rotatable bonds is 9. The summed E-state index contributed by atoms with van der Waals surface area (Å²) in [7, 11) is 1.67. The Morgan fingerprint density at radius 3 is 2.67 bits per heavy atom. The molecule has 7 nitrogen and oxygen atoms in total. The van der Waals surface area contributed by atoms with Crippen LogP contribution in [0.25, 0.3) is 20.4 Å². The van der Waals surface area contributed by atoms with Gasteiger partial charge in [-0.2, -0.15) is 9.78 Å². The SMILES string of the molecule is CCCCc1nc2c(sc3nc(C)cc(COC)c32)c(=O)n1N=Cc1ccc(OCC)cc1. The van der Waals surface area contributed by atoms with Crippen LogP contribution in [0.3, 0.4) is 0 Å². The van der Waals surface area contributed by atoms with E-state index in [4.69, 9.17) is 14.5 Å². The van der Waals surface area contributed by atoms with E-state index in [0.29, 0.717) is 35.7 Å². The fraction of sp³-hybridized carbons (Fsp3) is 0.360. The van der Waals surface area contributed by atoms with E-state index in [1.165, 1.54) is 16.0 Å². The number of hydrogen-bond donors (Lipinski definition) is 0. The van der Waals surface area contributed by atoms with Crippen molar-refractivity contribution in [2.75, 3.05) is 13.7 Å². The van der Waals surface area contributed by atoms with E-state index in [1.54, 1.807) is 13.3 Å². The van der Waals surface area contributed by atoms with Gasteiger partial charge < -0.3 is 9.47 Å². The van der Waals surface area contributed by atoms with E-state index < -0.39 is 0 Å². The molecule has 0 unspecified atom stereocenters.